The van der Waals surface area contributed by atoms with Crippen molar-refractivity contribution in [3.05, 3.63) is 41.5 Å². The molecule has 0 saturated carbocycles. The number of likely N-dealkylation sites (tertiary alicyclic amines) is 1. The molecular formula is C15H17NO2S. The van der Waals surface area contributed by atoms with Crippen molar-refractivity contribution in [3.8, 4) is 5.75 Å². The number of thioether (sulfide) groups is 1. The van der Waals surface area contributed by atoms with E-state index in [4.69, 9.17) is 4.74 Å². The van der Waals surface area contributed by atoms with E-state index in [9.17, 15) is 4.79 Å². The number of nitrogens with zero attached hydrogens (tertiary/aromatic N) is 1. The quantitative estimate of drug-likeness (QED) is 0.847. The van der Waals surface area contributed by atoms with Gasteiger partial charge in [-0.25, -0.2) is 0 Å². The van der Waals surface area contributed by atoms with E-state index >= 15 is 0 Å². The highest BCUT2D eigenvalue weighted by atomic mass is 32.2. The molecular weight excluding hydrogens is 258 g/mol. The van der Waals surface area contributed by atoms with E-state index in [0.717, 1.165) is 31.8 Å². The van der Waals surface area contributed by atoms with Crippen molar-refractivity contribution in [2.45, 2.75) is 18.2 Å². The zero-order valence-corrected chi connectivity index (χ0v) is 11.8. The summed E-state index contributed by atoms with van der Waals surface area (Å²) in [5.74, 6) is 0.892. The van der Waals surface area contributed by atoms with E-state index in [1.54, 1.807) is 7.11 Å². The first kappa shape index (κ1) is 12.8. The van der Waals surface area contributed by atoms with Gasteiger partial charge >= 0.3 is 0 Å². The third-order valence-electron chi connectivity index (χ3n) is 3.65. The van der Waals surface area contributed by atoms with Gasteiger partial charge in [0.05, 0.1) is 7.11 Å². The predicted molar refractivity (Wildman–Crippen MR) is 77.4 cm³/mol. The van der Waals surface area contributed by atoms with Crippen molar-refractivity contribution in [1.82, 2.24) is 4.90 Å². The number of ether oxygens (including phenoxy) is 1. The van der Waals surface area contributed by atoms with Gasteiger partial charge in [-0.2, -0.15) is 0 Å². The van der Waals surface area contributed by atoms with Gasteiger partial charge in [0.25, 0.3) is 0 Å². The second kappa shape index (κ2) is 5.39. The maximum atomic E-state index is 11.4. The number of methoxy groups -OCH3 is 1. The molecule has 3 nitrogen and oxygen atoms in total. The van der Waals surface area contributed by atoms with Gasteiger partial charge in [-0.15, -0.1) is 0 Å². The second-order valence-corrected chi connectivity index (χ2v) is 6.20. The van der Waals surface area contributed by atoms with E-state index in [1.165, 1.54) is 22.9 Å². The molecule has 0 N–H and O–H groups in total. The van der Waals surface area contributed by atoms with Crippen molar-refractivity contribution in [2.75, 3.05) is 20.2 Å². The summed E-state index contributed by atoms with van der Waals surface area (Å²) < 4.78 is 5.16. The summed E-state index contributed by atoms with van der Waals surface area (Å²) in [4.78, 5) is 13.8. The molecule has 0 spiro atoms. The van der Waals surface area contributed by atoms with Gasteiger partial charge in [-0.1, -0.05) is 23.9 Å². The van der Waals surface area contributed by atoms with E-state index in [0.29, 0.717) is 5.25 Å². The highest BCUT2D eigenvalue weighted by Crippen LogP contribution is 2.34. The predicted octanol–water partition coefficient (Wildman–Crippen LogP) is 2.47. The molecule has 100 valence electrons. The zero-order chi connectivity index (χ0) is 13.2. The van der Waals surface area contributed by atoms with Crippen LogP contribution in [-0.2, 0) is 11.3 Å². The summed E-state index contributed by atoms with van der Waals surface area (Å²) in [6, 6.07) is 8.20. The van der Waals surface area contributed by atoms with Crippen LogP contribution in [0.1, 0.15) is 12.0 Å². The molecule has 3 rings (SSSR count). The lowest BCUT2D eigenvalue weighted by atomic mass is 10.0. The maximum Gasteiger partial charge on any atom is 0.212 e. The normalized spacial score (nSPS) is 23.1. The fraction of sp³-hybridized carbons (Fsp3) is 0.400. The van der Waals surface area contributed by atoms with Gasteiger partial charge < -0.3 is 4.74 Å². The van der Waals surface area contributed by atoms with E-state index in [1.807, 2.05) is 18.2 Å². The largest absolute Gasteiger partial charge is 0.497 e. The van der Waals surface area contributed by atoms with E-state index in [-0.39, 0.29) is 5.12 Å². The number of fused-ring (bicyclic) bond motifs is 1. The molecule has 0 amide bonds. The molecule has 4 heteroatoms. The first-order valence-electron chi connectivity index (χ1n) is 6.51. The van der Waals surface area contributed by atoms with Crippen LogP contribution in [0.15, 0.2) is 35.9 Å². The Morgan fingerprint density at radius 3 is 2.89 bits per heavy atom. The molecule has 0 radical (unpaired) electrons. The molecule has 1 saturated heterocycles. The number of carbonyl (C=O) groups excluding carboxylic acids is 1. The average molecular weight is 275 g/mol. The highest BCUT2D eigenvalue weighted by Gasteiger charge is 2.30. The van der Waals surface area contributed by atoms with E-state index < -0.39 is 0 Å². The van der Waals surface area contributed by atoms with Gasteiger partial charge in [0, 0.05) is 24.9 Å². The van der Waals surface area contributed by atoms with Gasteiger partial charge in [-0.3, -0.25) is 9.69 Å². The van der Waals surface area contributed by atoms with Crippen LogP contribution in [0, 0.1) is 0 Å². The third kappa shape index (κ3) is 2.85. The van der Waals surface area contributed by atoms with Gasteiger partial charge in [-0.05, 0) is 35.8 Å². The van der Waals surface area contributed by atoms with Gasteiger partial charge in [0.1, 0.15) is 5.75 Å². The monoisotopic (exact) mass is 275 g/mol. The lowest BCUT2D eigenvalue weighted by molar-refractivity contribution is -0.106. The number of hydrogen-bond donors (Lipinski definition) is 0. The number of piperidine rings is 1. The van der Waals surface area contributed by atoms with Crippen molar-refractivity contribution in [2.24, 2.45) is 0 Å². The van der Waals surface area contributed by atoms with E-state index in [2.05, 4.69) is 17.0 Å². The first-order valence-corrected chi connectivity index (χ1v) is 7.39. The molecule has 1 unspecified atom stereocenters. The average Bonchev–Trinajstić information content (AvgIpc) is 2.79. The van der Waals surface area contributed by atoms with Crippen molar-refractivity contribution < 1.29 is 9.53 Å². The van der Waals surface area contributed by atoms with Crippen LogP contribution in [0.2, 0.25) is 0 Å². The molecule has 0 aromatic heterocycles. The lowest BCUT2D eigenvalue weighted by Crippen LogP contribution is -2.35. The fourth-order valence-electron chi connectivity index (χ4n) is 2.65. The molecule has 2 aliphatic heterocycles. The number of hydrogen-bond acceptors (Lipinski definition) is 4. The minimum absolute atomic E-state index is 0.228. The Bertz CT molecular complexity index is 509. The molecule has 1 aromatic carbocycles. The fourth-order valence-corrected chi connectivity index (χ4v) is 3.66. The molecule has 19 heavy (non-hydrogen) atoms. The second-order valence-electron chi connectivity index (χ2n) is 4.99. The molecule has 0 bridgehead atoms. The van der Waals surface area contributed by atoms with Gasteiger partial charge in [0.2, 0.25) is 5.12 Å². The first-order chi connectivity index (χ1) is 9.24. The Morgan fingerprint density at radius 1 is 1.37 bits per heavy atom. The van der Waals surface area contributed by atoms with Crippen molar-refractivity contribution in [3.63, 3.8) is 0 Å². The summed E-state index contributed by atoms with van der Waals surface area (Å²) in [6.45, 7) is 2.93. The third-order valence-corrected chi connectivity index (χ3v) is 4.83. The Morgan fingerprint density at radius 2 is 2.16 bits per heavy atom. The number of carbonyl (C=O) groups is 1. The smallest absolute Gasteiger partial charge is 0.212 e. The minimum atomic E-state index is 0.228. The SMILES string of the molecule is COc1ccc(CN2CCC3SC(=O)C=C3C2)cc1. The Balaban J connectivity index is 1.64. The Labute approximate surface area is 117 Å². The zero-order valence-electron chi connectivity index (χ0n) is 11.0. The summed E-state index contributed by atoms with van der Waals surface area (Å²) in [5.41, 5.74) is 2.59. The van der Waals surface area contributed by atoms with Crippen LogP contribution in [0.5, 0.6) is 5.75 Å². The molecule has 2 aliphatic rings. The standard InChI is InChI=1S/C15H17NO2S/c1-18-13-4-2-11(3-5-13)9-16-7-6-14-12(10-16)8-15(17)19-14/h2-5,8,14H,6-7,9-10H2,1H3. The molecule has 0 aliphatic carbocycles. The topological polar surface area (TPSA) is 29.5 Å². The van der Waals surface area contributed by atoms with Crippen LogP contribution in [0.25, 0.3) is 0 Å². The molecule has 1 fully saturated rings. The number of rotatable bonds is 3. The van der Waals surface area contributed by atoms with Crippen molar-refractivity contribution >= 4 is 16.9 Å². The minimum Gasteiger partial charge on any atom is -0.497 e. The number of benzene rings is 1. The molecule has 2 heterocycles. The van der Waals surface area contributed by atoms with Gasteiger partial charge in [0.15, 0.2) is 0 Å². The maximum absolute atomic E-state index is 11.4. The summed E-state index contributed by atoms with van der Waals surface area (Å²) in [5, 5.41) is 0.672. The lowest BCUT2D eigenvalue weighted by Gasteiger charge is -2.31. The van der Waals surface area contributed by atoms with Crippen LogP contribution in [-0.4, -0.2) is 35.5 Å². The van der Waals surface area contributed by atoms with Crippen LogP contribution < -0.4 is 4.74 Å². The Kier molecular flexibility index (Phi) is 3.62. The molecule has 1 atom stereocenters. The summed E-state index contributed by atoms with van der Waals surface area (Å²) >= 11 is 1.49. The van der Waals surface area contributed by atoms with Crippen LogP contribution in [0.4, 0.5) is 0 Å². The van der Waals surface area contributed by atoms with Crippen LogP contribution >= 0.6 is 11.8 Å². The summed E-state index contributed by atoms with van der Waals surface area (Å²) in [6.07, 6.45) is 2.91. The van der Waals surface area contributed by atoms with Crippen LogP contribution in [0.3, 0.4) is 0 Å². The summed E-state index contributed by atoms with van der Waals surface area (Å²) in [7, 11) is 1.68. The highest BCUT2D eigenvalue weighted by molar-refractivity contribution is 8.15. The molecule has 1 aromatic rings. The Hall–Kier alpha value is -1.26. The van der Waals surface area contributed by atoms with Crippen molar-refractivity contribution in [1.29, 1.82) is 0 Å².